The van der Waals surface area contributed by atoms with Gasteiger partial charge in [-0.15, -0.1) is 10.2 Å². The van der Waals surface area contributed by atoms with Crippen molar-refractivity contribution in [2.24, 2.45) is 0 Å². The number of carbonyl (C=O) groups is 1. The summed E-state index contributed by atoms with van der Waals surface area (Å²) in [5.41, 5.74) is 0.685. The fourth-order valence-electron chi connectivity index (χ4n) is 3.47. The summed E-state index contributed by atoms with van der Waals surface area (Å²) in [6.07, 6.45) is 0.950. The smallest absolute Gasteiger partial charge is 0.263 e. The molecule has 0 aliphatic carbocycles. The summed E-state index contributed by atoms with van der Waals surface area (Å²) in [5.74, 6) is 1.39. The second-order valence-corrected chi connectivity index (χ2v) is 7.13. The predicted octanol–water partition coefficient (Wildman–Crippen LogP) is 4.05. The molecule has 0 radical (unpaired) electrons. The second kappa shape index (κ2) is 8.43. The maximum Gasteiger partial charge on any atom is 0.263 e. The van der Waals surface area contributed by atoms with Gasteiger partial charge < -0.3 is 14.1 Å². The van der Waals surface area contributed by atoms with Crippen molar-refractivity contribution in [2.45, 2.75) is 31.8 Å². The normalized spacial score (nSPS) is 15.9. The third-order valence-electron chi connectivity index (χ3n) is 5.09. The molecule has 1 aromatic heterocycles. The van der Waals surface area contributed by atoms with E-state index in [1.807, 2.05) is 35.2 Å². The average Bonchev–Trinajstić information content (AvgIpc) is 3.25. The van der Waals surface area contributed by atoms with Crippen LogP contribution >= 0.6 is 0 Å². The number of benzene rings is 2. The fourth-order valence-corrected chi connectivity index (χ4v) is 3.47. The van der Waals surface area contributed by atoms with Crippen LogP contribution < -0.4 is 4.74 Å². The molecule has 3 aromatic rings. The molecule has 0 N–H and O–H groups in total. The first-order chi connectivity index (χ1) is 14.1. The molecule has 1 fully saturated rings. The van der Waals surface area contributed by atoms with Crippen LogP contribution in [-0.2, 0) is 4.79 Å². The number of carbonyl (C=O) groups excluding carboxylic acids is 1. The molecule has 1 atom stereocenters. The van der Waals surface area contributed by atoms with Gasteiger partial charge in [-0.25, -0.2) is 4.39 Å². The topological polar surface area (TPSA) is 68.5 Å². The van der Waals surface area contributed by atoms with Crippen molar-refractivity contribution in [3.8, 4) is 17.2 Å². The molecule has 0 spiro atoms. The predicted molar refractivity (Wildman–Crippen MR) is 105 cm³/mol. The summed E-state index contributed by atoms with van der Waals surface area (Å²) in [7, 11) is 0. The van der Waals surface area contributed by atoms with E-state index in [1.165, 1.54) is 12.1 Å². The quantitative estimate of drug-likeness (QED) is 0.652. The standard InChI is InChI=1S/C22H22FN3O3/c1-15(28-19-5-3-2-4-6-19)22(27)26-13-11-17(12-14-26)21-25-24-20(29-21)16-7-9-18(23)10-8-16/h2-10,15,17H,11-14H2,1H3/t15-/m0/s1. The summed E-state index contributed by atoms with van der Waals surface area (Å²) in [6, 6.07) is 15.3. The molecule has 1 aliphatic heterocycles. The number of aromatic nitrogens is 2. The number of amides is 1. The summed E-state index contributed by atoms with van der Waals surface area (Å²) in [4.78, 5) is 14.5. The van der Waals surface area contributed by atoms with Gasteiger partial charge in [-0.1, -0.05) is 18.2 Å². The summed E-state index contributed by atoms with van der Waals surface area (Å²) in [6.45, 7) is 2.99. The van der Waals surface area contributed by atoms with Gasteiger partial charge in [0.25, 0.3) is 5.91 Å². The molecular weight excluding hydrogens is 373 g/mol. The van der Waals surface area contributed by atoms with Crippen molar-refractivity contribution in [1.82, 2.24) is 15.1 Å². The van der Waals surface area contributed by atoms with Crippen molar-refractivity contribution in [3.05, 3.63) is 66.3 Å². The van der Waals surface area contributed by atoms with E-state index in [2.05, 4.69) is 10.2 Å². The number of hydrogen-bond donors (Lipinski definition) is 0. The lowest BCUT2D eigenvalue weighted by atomic mass is 9.96. The van der Waals surface area contributed by atoms with E-state index in [0.717, 1.165) is 12.8 Å². The molecule has 1 amide bonds. The van der Waals surface area contributed by atoms with E-state index in [4.69, 9.17) is 9.15 Å². The Morgan fingerprint density at radius 1 is 1.10 bits per heavy atom. The van der Waals surface area contributed by atoms with Crippen LogP contribution in [0, 0.1) is 5.82 Å². The molecule has 0 bridgehead atoms. The van der Waals surface area contributed by atoms with Gasteiger partial charge in [-0.2, -0.15) is 0 Å². The molecule has 6 nitrogen and oxygen atoms in total. The van der Waals surface area contributed by atoms with Crippen molar-refractivity contribution in [2.75, 3.05) is 13.1 Å². The monoisotopic (exact) mass is 395 g/mol. The van der Waals surface area contributed by atoms with E-state index in [-0.39, 0.29) is 17.6 Å². The minimum atomic E-state index is -0.539. The minimum absolute atomic E-state index is 0.0233. The fraction of sp³-hybridized carbons (Fsp3) is 0.318. The van der Waals surface area contributed by atoms with E-state index in [0.29, 0.717) is 36.2 Å². The highest BCUT2D eigenvalue weighted by Crippen LogP contribution is 2.29. The molecular formula is C22H22FN3O3. The molecule has 1 aliphatic rings. The van der Waals surface area contributed by atoms with Crippen LogP contribution in [0.1, 0.15) is 31.6 Å². The Morgan fingerprint density at radius 2 is 1.79 bits per heavy atom. The van der Waals surface area contributed by atoms with Crippen LogP contribution in [0.5, 0.6) is 5.75 Å². The van der Waals surface area contributed by atoms with Gasteiger partial charge in [-0.05, 0) is 56.2 Å². The number of likely N-dealkylation sites (tertiary alicyclic amines) is 1. The average molecular weight is 395 g/mol. The maximum atomic E-state index is 13.1. The van der Waals surface area contributed by atoms with E-state index < -0.39 is 6.10 Å². The van der Waals surface area contributed by atoms with Gasteiger partial charge in [0.05, 0.1) is 0 Å². The lowest BCUT2D eigenvalue weighted by Gasteiger charge is -2.32. The summed E-state index contributed by atoms with van der Waals surface area (Å²) >= 11 is 0. The minimum Gasteiger partial charge on any atom is -0.481 e. The van der Waals surface area contributed by atoms with Crippen molar-refractivity contribution >= 4 is 5.91 Å². The lowest BCUT2D eigenvalue weighted by molar-refractivity contribution is -0.139. The number of ether oxygens (including phenoxy) is 1. The van der Waals surface area contributed by atoms with Gasteiger partial charge in [-0.3, -0.25) is 4.79 Å². The molecule has 150 valence electrons. The highest BCUT2D eigenvalue weighted by molar-refractivity contribution is 5.81. The first-order valence-electron chi connectivity index (χ1n) is 9.70. The van der Waals surface area contributed by atoms with Crippen molar-refractivity contribution in [1.29, 1.82) is 0 Å². The number of rotatable bonds is 5. The Morgan fingerprint density at radius 3 is 2.48 bits per heavy atom. The number of nitrogens with zero attached hydrogens (tertiary/aromatic N) is 3. The first-order valence-corrected chi connectivity index (χ1v) is 9.70. The van der Waals surface area contributed by atoms with Crippen LogP contribution in [-0.4, -0.2) is 40.2 Å². The molecule has 29 heavy (non-hydrogen) atoms. The highest BCUT2D eigenvalue weighted by Gasteiger charge is 2.30. The zero-order valence-electron chi connectivity index (χ0n) is 16.1. The van der Waals surface area contributed by atoms with Gasteiger partial charge >= 0.3 is 0 Å². The van der Waals surface area contributed by atoms with Crippen LogP contribution in [0.15, 0.2) is 59.0 Å². The van der Waals surface area contributed by atoms with Crippen molar-refractivity contribution in [3.63, 3.8) is 0 Å². The largest absolute Gasteiger partial charge is 0.481 e. The maximum absolute atomic E-state index is 13.1. The van der Waals surface area contributed by atoms with E-state index in [1.54, 1.807) is 19.1 Å². The van der Waals surface area contributed by atoms with E-state index >= 15 is 0 Å². The first kappa shape index (κ1) is 19.1. The molecule has 0 saturated carbocycles. The number of piperidine rings is 1. The molecule has 2 aromatic carbocycles. The molecule has 4 rings (SSSR count). The number of para-hydroxylation sites is 1. The summed E-state index contributed by atoms with van der Waals surface area (Å²) in [5, 5.41) is 8.24. The third-order valence-corrected chi connectivity index (χ3v) is 5.09. The van der Waals surface area contributed by atoms with Crippen LogP contribution in [0.3, 0.4) is 0 Å². The van der Waals surface area contributed by atoms with Crippen LogP contribution in [0.25, 0.3) is 11.5 Å². The zero-order valence-corrected chi connectivity index (χ0v) is 16.1. The van der Waals surface area contributed by atoms with Gasteiger partial charge in [0.2, 0.25) is 11.8 Å². The van der Waals surface area contributed by atoms with Gasteiger partial charge in [0.15, 0.2) is 6.10 Å². The molecule has 7 heteroatoms. The number of hydrogen-bond acceptors (Lipinski definition) is 5. The Balaban J connectivity index is 1.33. The Bertz CT molecular complexity index is 951. The van der Waals surface area contributed by atoms with Gasteiger partial charge in [0.1, 0.15) is 11.6 Å². The molecule has 2 heterocycles. The van der Waals surface area contributed by atoms with Crippen molar-refractivity contribution < 1.29 is 18.3 Å². The summed E-state index contributed by atoms with van der Waals surface area (Å²) < 4.78 is 24.6. The highest BCUT2D eigenvalue weighted by atomic mass is 19.1. The number of halogens is 1. The second-order valence-electron chi connectivity index (χ2n) is 7.13. The molecule has 0 unspecified atom stereocenters. The third kappa shape index (κ3) is 4.45. The van der Waals surface area contributed by atoms with Crippen LogP contribution in [0.4, 0.5) is 4.39 Å². The van der Waals surface area contributed by atoms with Crippen LogP contribution in [0.2, 0.25) is 0 Å². The zero-order chi connectivity index (χ0) is 20.2. The Kier molecular flexibility index (Phi) is 5.55. The lowest BCUT2D eigenvalue weighted by Crippen LogP contribution is -2.44. The Labute approximate surface area is 168 Å². The Hall–Kier alpha value is -3.22. The van der Waals surface area contributed by atoms with E-state index in [9.17, 15) is 9.18 Å². The molecule has 1 saturated heterocycles. The van der Waals surface area contributed by atoms with Gasteiger partial charge in [0, 0.05) is 24.6 Å². The SMILES string of the molecule is C[C@H](Oc1ccccc1)C(=O)N1CCC(c2nnc(-c3ccc(F)cc3)o2)CC1.